The Morgan fingerprint density at radius 1 is 1.41 bits per heavy atom. The van der Waals surface area contributed by atoms with E-state index in [0.717, 1.165) is 12.8 Å². The standard InChI is InChI=1S/C15H25N5O2/c1-11(7-16)18-15(22)12-8-17-20(9-12)10-14(21)19-13-5-3-2-4-6-13/h8-9,11,13H,2-7,10,16H2,1H3,(H,18,22)(H,19,21)/t11-/m0/s1. The second-order valence-corrected chi connectivity index (χ2v) is 5.94. The molecular formula is C15H25N5O2. The van der Waals surface area contributed by atoms with Crippen molar-refractivity contribution < 1.29 is 9.59 Å². The molecule has 7 nitrogen and oxygen atoms in total. The topological polar surface area (TPSA) is 102 Å². The van der Waals surface area contributed by atoms with Crippen LogP contribution in [-0.2, 0) is 11.3 Å². The molecule has 122 valence electrons. The van der Waals surface area contributed by atoms with Gasteiger partial charge in [0, 0.05) is 24.8 Å². The molecule has 1 heterocycles. The third-order valence-electron chi connectivity index (χ3n) is 3.90. The van der Waals surface area contributed by atoms with Gasteiger partial charge in [0.1, 0.15) is 6.54 Å². The Morgan fingerprint density at radius 2 is 2.14 bits per heavy atom. The number of nitrogens with two attached hydrogens (primary N) is 1. The molecule has 1 aromatic heterocycles. The molecule has 22 heavy (non-hydrogen) atoms. The molecule has 0 radical (unpaired) electrons. The van der Waals surface area contributed by atoms with Crippen molar-refractivity contribution in [3.05, 3.63) is 18.0 Å². The molecule has 1 aliphatic carbocycles. The van der Waals surface area contributed by atoms with Crippen LogP contribution in [0.4, 0.5) is 0 Å². The van der Waals surface area contributed by atoms with Crippen molar-refractivity contribution in [2.45, 2.75) is 57.7 Å². The van der Waals surface area contributed by atoms with Crippen molar-refractivity contribution >= 4 is 11.8 Å². The van der Waals surface area contributed by atoms with Crippen molar-refractivity contribution in [3.63, 3.8) is 0 Å². The summed E-state index contributed by atoms with van der Waals surface area (Å²) in [5.41, 5.74) is 5.91. The number of amides is 2. The molecule has 1 fully saturated rings. The zero-order chi connectivity index (χ0) is 15.9. The van der Waals surface area contributed by atoms with Gasteiger partial charge in [-0.25, -0.2) is 0 Å². The first kappa shape index (κ1) is 16.5. The van der Waals surface area contributed by atoms with Crippen molar-refractivity contribution in [2.24, 2.45) is 5.73 Å². The molecule has 2 rings (SSSR count). The predicted octanol–water partition coefficient (Wildman–Crippen LogP) is 0.409. The van der Waals surface area contributed by atoms with E-state index in [-0.39, 0.29) is 30.4 Å². The van der Waals surface area contributed by atoms with Crippen LogP contribution < -0.4 is 16.4 Å². The van der Waals surface area contributed by atoms with E-state index in [1.54, 1.807) is 6.20 Å². The van der Waals surface area contributed by atoms with Gasteiger partial charge in [-0.05, 0) is 19.8 Å². The first-order valence-corrected chi connectivity index (χ1v) is 7.91. The first-order valence-electron chi connectivity index (χ1n) is 7.91. The molecule has 1 aliphatic rings. The van der Waals surface area contributed by atoms with Crippen LogP contribution in [0.2, 0.25) is 0 Å². The molecule has 1 saturated carbocycles. The van der Waals surface area contributed by atoms with Crippen LogP contribution >= 0.6 is 0 Å². The van der Waals surface area contributed by atoms with Gasteiger partial charge in [0.25, 0.3) is 5.91 Å². The zero-order valence-electron chi connectivity index (χ0n) is 13.0. The second kappa shape index (κ2) is 7.93. The lowest BCUT2D eigenvalue weighted by atomic mass is 9.95. The minimum Gasteiger partial charge on any atom is -0.352 e. The number of nitrogens with zero attached hydrogens (tertiary/aromatic N) is 2. The van der Waals surface area contributed by atoms with Crippen molar-refractivity contribution in [3.8, 4) is 0 Å². The van der Waals surface area contributed by atoms with Gasteiger partial charge in [-0.15, -0.1) is 0 Å². The molecule has 0 aromatic carbocycles. The van der Waals surface area contributed by atoms with E-state index in [9.17, 15) is 9.59 Å². The van der Waals surface area contributed by atoms with Gasteiger partial charge in [-0.2, -0.15) is 5.10 Å². The lowest BCUT2D eigenvalue weighted by Gasteiger charge is -2.22. The Labute approximate surface area is 130 Å². The average Bonchev–Trinajstić information content (AvgIpc) is 2.96. The number of nitrogens with one attached hydrogen (secondary N) is 2. The summed E-state index contributed by atoms with van der Waals surface area (Å²) in [5.74, 6) is -0.283. The molecule has 4 N–H and O–H groups in total. The van der Waals surface area contributed by atoms with E-state index in [0.29, 0.717) is 12.1 Å². The van der Waals surface area contributed by atoms with E-state index < -0.39 is 0 Å². The number of carbonyl (C=O) groups is 2. The van der Waals surface area contributed by atoms with Gasteiger partial charge < -0.3 is 16.4 Å². The summed E-state index contributed by atoms with van der Waals surface area (Å²) in [6, 6.07) is 0.190. The Morgan fingerprint density at radius 3 is 2.82 bits per heavy atom. The van der Waals surface area contributed by atoms with Crippen LogP contribution in [0.25, 0.3) is 0 Å². The minimum absolute atomic E-state index is 0.0581. The van der Waals surface area contributed by atoms with E-state index in [2.05, 4.69) is 15.7 Å². The average molecular weight is 307 g/mol. The lowest BCUT2D eigenvalue weighted by Crippen LogP contribution is -2.38. The summed E-state index contributed by atoms with van der Waals surface area (Å²) in [5, 5.41) is 9.86. The number of hydrogen-bond donors (Lipinski definition) is 3. The van der Waals surface area contributed by atoms with Gasteiger partial charge in [-0.1, -0.05) is 19.3 Å². The van der Waals surface area contributed by atoms with Crippen molar-refractivity contribution in [2.75, 3.05) is 6.54 Å². The van der Waals surface area contributed by atoms with Gasteiger partial charge in [0.15, 0.2) is 0 Å². The third-order valence-corrected chi connectivity index (χ3v) is 3.90. The normalized spacial score (nSPS) is 17.0. The van der Waals surface area contributed by atoms with Gasteiger partial charge in [0.05, 0.1) is 11.8 Å². The Balaban J connectivity index is 1.83. The molecule has 0 spiro atoms. The van der Waals surface area contributed by atoms with Crippen molar-refractivity contribution in [1.82, 2.24) is 20.4 Å². The zero-order valence-corrected chi connectivity index (χ0v) is 13.0. The fourth-order valence-electron chi connectivity index (χ4n) is 2.60. The smallest absolute Gasteiger partial charge is 0.254 e. The predicted molar refractivity (Wildman–Crippen MR) is 83.2 cm³/mol. The van der Waals surface area contributed by atoms with Crippen molar-refractivity contribution in [1.29, 1.82) is 0 Å². The van der Waals surface area contributed by atoms with Crippen LogP contribution in [0.1, 0.15) is 49.4 Å². The first-order chi connectivity index (χ1) is 10.6. The number of hydrogen-bond acceptors (Lipinski definition) is 4. The van der Waals surface area contributed by atoms with Gasteiger partial charge in [0.2, 0.25) is 5.91 Å². The van der Waals surface area contributed by atoms with Gasteiger partial charge in [-0.3, -0.25) is 14.3 Å². The summed E-state index contributed by atoms with van der Waals surface area (Å²) in [6.45, 7) is 2.35. The van der Waals surface area contributed by atoms with Crippen LogP contribution in [0.5, 0.6) is 0 Å². The van der Waals surface area contributed by atoms with Crippen LogP contribution in [0, 0.1) is 0 Å². The highest BCUT2D eigenvalue weighted by atomic mass is 16.2. The quantitative estimate of drug-likeness (QED) is 0.708. The molecule has 1 aromatic rings. The highest BCUT2D eigenvalue weighted by molar-refractivity contribution is 5.93. The minimum atomic E-state index is -0.225. The third kappa shape index (κ3) is 4.84. The largest absolute Gasteiger partial charge is 0.352 e. The molecule has 0 bridgehead atoms. The molecule has 0 unspecified atom stereocenters. The lowest BCUT2D eigenvalue weighted by molar-refractivity contribution is -0.122. The van der Waals surface area contributed by atoms with Gasteiger partial charge >= 0.3 is 0 Å². The fraction of sp³-hybridized carbons (Fsp3) is 0.667. The summed E-state index contributed by atoms with van der Waals surface area (Å²) in [7, 11) is 0. The number of aromatic nitrogens is 2. The van der Waals surface area contributed by atoms with Crippen LogP contribution in [0.3, 0.4) is 0 Å². The maximum Gasteiger partial charge on any atom is 0.254 e. The van der Waals surface area contributed by atoms with Crippen LogP contribution in [-0.4, -0.2) is 40.2 Å². The Hall–Kier alpha value is -1.89. The maximum atomic E-state index is 12.0. The summed E-state index contributed by atoms with van der Waals surface area (Å²) in [6.07, 6.45) is 8.76. The highest BCUT2D eigenvalue weighted by Gasteiger charge is 2.17. The number of rotatable bonds is 6. The van der Waals surface area contributed by atoms with E-state index in [1.165, 1.54) is 30.1 Å². The summed E-state index contributed by atoms with van der Waals surface area (Å²) >= 11 is 0. The Kier molecular flexibility index (Phi) is 5.94. The molecule has 1 atom stereocenters. The molecule has 0 aliphatic heterocycles. The maximum absolute atomic E-state index is 12.0. The second-order valence-electron chi connectivity index (χ2n) is 5.94. The highest BCUT2D eigenvalue weighted by Crippen LogP contribution is 2.17. The SMILES string of the molecule is C[C@@H](CN)NC(=O)c1cnn(CC(=O)NC2CCCCC2)c1. The molecule has 2 amide bonds. The van der Waals surface area contributed by atoms with Crippen LogP contribution in [0.15, 0.2) is 12.4 Å². The molecular weight excluding hydrogens is 282 g/mol. The fourth-order valence-corrected chi connectivity index (χ4v) is 2.60. The van der Waals surface area contributed by atoms with E-state index in [1.807, 2.05) is 6.92 Å². The van der Waals surface area contributed by atoms with E-state index >= 15 is 0 Å². The van der Waals surface area contributed by atoms with E-state index in [4.69, 9.17) is 5.73 Å². The number of carbonyl (C=O) groups excluding carboxylic acids is 2. The molecule has 7 heteroatoms. The summed E-state index contributed by atoms with van der Waals surface area (Å²) < 4.78 is 1.49. The monoisotopic (exact) mass is 307 g/mol. The Bertz CT molecular complexity index is 508. The summed E-state index contributed by atoms with van der Waals surface area (Å²) in [4.78, 5) is 23.9. The molecule has 0 saturated heterocycles.